The molecule has 2 aromatic rings. The predicted octanol–water partition coefficient (Wildman–Crippen LogP) is 3.72. The van der Waals surface area contributed by atoms with Crippen LogP contribution in [0.15, 0.2) is 60.7 Å². The molecule has 0 amide bonds. The van der Waals surface area contributed by atoms with E-state index in [2.05, 4.69) is 69.3 Å². The van der Waals surface area contributed by atoms with Crippen molar-refractivity contribution in [2.75, 3.05) is 0 Å². The van der Waals surface area contributed by atoms with E-state index < -0.39 is 14.6 Å². The van der Waals surface area contributed by atoms with E-state index in [1.807, 2.05) is 12.1 Å². The van der Waals surface area contributed by atoms with Crippen LogP contribution in [0.1, 0.15) is 46.5 Å². The van der Waals surface area contributed by atoms with E-state index in [9.17, 15) is 4.79 Å². The van der Waals surface area contributed by atoms with E-state index in [4.69, 9.17) is 4.43 Å². The predicted molar refractivity (Wildman–Crippen MR) is 111 cm³/mol. The van der Waals surface area contributed by atoms with Gasteiger partial charge in [0.05, 0.1) is 0 Å². The third-order valence-electron chi connectivity index (χ3n) is 5.69. The van der Waals surface area contributed by atoms with Crippen molar-refractivity contribution in [3.8, 4) is 0 Å². The first-order valence-electron chi connectivity index (χ1n) is 9.70. The lowest BCUT2D eigenvalue weighted by Gasteiger charge is -2.48. The second-order valence-corrected chi connectivity index (χ2v) is 10.9. The fourth-order valence-corrected chi connectivity index (χ4v) is 7.02. The molecule has 0 spiro atoms. The highest BCUT2D eigenvalue weighted by Gasteiger charge is 2.48. The molecule has 26 heavy (non-hydrogen) atoms. The lowest BCUT2D eigenvalue weighted by atomic mass is 9.64. The van der Waals surface area contributed by atoms with Crippen molar-refractivity contribution in [2.24, 2.45) is 11.3 Å². The summed E-state index contributed by atoms with van der Waals surface area (Å²) >= 11 is 0. The fraction of sp³-hybridized carbons (Fsp3) is 0.435. The Hall–Kier alpha value is -1.71. The molecular formula is C23H30O2Si. The maximum atomic E-state index is 12.4. The van der Waals surface area contributed by atoms with Gasteiger partial charge in [-0.2, -0.15) is 0 Å². The van der Waals surface area contributed by atoms with E-state index in [0.717, 1.165) is 25.5 Å². The maximum Gasteiger partial charge on any atom is 0.241 e. The average Bonchev–Trinajstić information content (AvgIpc) is 2.67. The highest BCUT2D eigenvalue weighted by atomic mass is 28.3. The van der Waals surface area contributed by atoms with Crippen molar-refractivity contribution >= 4 is 25.7 Å². The van der Waals surface area contributed by atoms with Gasteiger partial charge in [0.2, 0.25) is 9.04 Å². The van der Waals surface area contributed by atoms with Gasteiger partial charge in [0, 0.05) is 0 Å². The molecule has 0 unspecified atom stereocenters. The number of carbonyl (C=O) groups is 1. The van der Waals surface area contributed by atoms with Crippen LogP contribution in [0.2, 0.25) is 0 Å². The zero-order valence-electron chi connectivity index (χ0n) is 16.2. The largest absolute Gasteiger partial charge is 0.398 e. The number of hydrogen-bond acceptors (Lipinski definition) is 2. The van der Waals surface area contributed by atoms with Gasteiger partial charge in [0.15, 0.2) is 6.29 Å². The van der Waals surface area contributed by atoms with Crippen LogP contribution < -0.4 is 10.4 Å². The van der Waals surface area contributed by atoms with Crippen LogP contribution in [0.5, 0.6) is 0 Å². The van der Waals surface area contributed by atoms with Crippen LogP contribution in [0.25, 0.3) is 0 Å². The molecule has 0 bridgehead atoms. The summed E-state index contributed by atoms with van der Waals surface area (Å²) in [6.45, 7) is 6.73. The SMILES string of the molecule is CC(C)(C)[C@H]1CCCC[C@]1(C=O)O[SiH](c1ccccc1)c1ccccc1. The molecule has 0 radical (unpaired) electrons. The summed E-state index contributed by atoms with van der Waals surface area (Å²) in [5, 5.41) is 2.47. The van der Waals surface area contributed by atoms with Crippen molar-refractivity contribution in [3.05, 3.63) is 60.7 Å². The Balaban J connectivity index is 2.02. The summed E-state index contributed by atoms with van der Waals surface area (Å²) in [5.74, 6) is 0.253. The van der Waals surface area contributed by atoms with Crippen LogP contribution >= 0.6 is 0 Å². The average molecular weight is 367 g/mol. The first-order chi connectivity index (χ1) is 12.5. The minimum Gasteiger partial charge on any atom is -0.398 e. The molecule has 1 aliphatic carbocycles. The Kier molecular flexibility index (Phi) is 5.78. The monoisotopic (exact) mass is 366 g/mol. The highest BCUT2D eigenvalue weighted by molar-refractivity contribution is 6.80. The Morgan fingerprint density at radius 3 is 1.96 bits per heavy atom. The van der Waals surface area contributed by atoms with Crippen LogP contribution in [0.4, 0.5) is 0 Å². The number of benzene rings is 2. The smallest absolute Gasteiger partial charge is 0.241 e. The van der Waals surface area contributed by atoms with E-state index in [-0.39, 0.29) is 11.3 Å². The minimum absolute atomic E-state index is 0.0493. The molecule has 1 fully saturated rings. The molecule has 3 rings (SSSR count). The summed E-state index contributed by atoms with van der Waals surface area (Å²) in [6.07, 6.45) is 5.28. The molecule has 138 valence electrons. The molecule has 0 heterocycles. The van der Waals surface area contributed by atoms with Gasteiger partial charge in [-0.25, -0.2) is 0 Å². The van der Waals surface area contributed by atoms with Gasteiger partial charge in [-0.3, -0.25) is 0 Å². The molecule has 3 heteroatoms. The summed E-state index contributed by atoms with van der Waals surface area (Å²) in [6, 6.07) is 20.9. The van der Waals surface area contributed by atoms with Gasteiger partial charge in [0.1, 0.15) is 5.60 Å². The normalized spacial score (nSPS) is 23.8. The number of rotatable bonds is 5. The summed E-state index contributed by atoms with van der Waals surface area (Å²) < 4.78 is 6.91. The Morgan fingerprint density at radius 1 is 0.962 bits per heavy atom. The molecule has 1 aliphatic rings. The Labute approximate surface area is 159 Å². The molecule has 0 saturated heterocycles. The third-order valence-corrected chi connectivity index (χ3v) is 8.34. The molecule has 1 saturated carbocycles. The quantitative estimate of drug-likeness (QED) is 0.595. The van der Waals surface area contributed by atoms with E-state index in [1.54, 1.807) is 0 Å². The molecule has 2 atom stereocenters. The van der Waals surface area contributed by atoms with Crippen LogP contribution in [0, 0.1) is 11.3 Å². The van der Waals surface area contributed by atoms with Crippen LogP contribution in [-0.2, 0) is 9.22 Å². The molecule has 0 aliphatic heterocycles. The maximum absolute atomic E-state index is 12.4. The summed E-state index contributed by atoms with van der Waals surface area (Å²) in [4.78, 5) is 12.4. The second-order valence-electron chi connectivity index (χ2n) is 8.56. The van der Waals surface area contributed by atoms with Crippen molar-refractivity contribution < 1.29 is 9.22 Å². The number of aldehydes is 1. The molecule has 0 aromatic heterocycles. The minimum atomic E-state index is -1.95. The Bertz CT molecular complexity index is 668. The first kappa shape index (κ1) is 19.1. The van der Waals surface area contributed by atoms with Crippen molar-refractivity contribution in [1.29, 1.82) is 0 Å². The van der Waals surface area contributed by atoms with Crippen LogP contribution in [0.3, 0.4) is 0 Å². The Morgan fingerprint density at radius 2 is 1.50 bits per heavy atom. The molecular weight excluding hydrogens is 336 g/mol. The summed E-state index contributed by atoms with van der Waals surface area (Å²) in [7, 11) is -1.95. The molecule has 2 nitrogen and oxygen atoms in total. The van der Waals surface area contributed by atoms with Gasteiger partial charge < -0.3 is 9.22 Å². The lowest BCUT2D eigenvalue weighted by molar-refractivity contribution is -0.136. The third kappa shape index (κ3) is 3.99. The fourth-order valence-electron chi connectivity index (χ4n) is 4.45. The highest BCUT2D eigenvalue weighted by Crippen LogP contribution is 2.45. The number of hydrogen-bond donors (Lipinski definition) is 0. The standard InChI is InChI=1S/C23H30O2Si/c1-22(2,3)21-16-10-11-17-23(21,18-24)25-26(19-12-6-4-7-13-19)20-14-8-5-9-15-20/h4-9,12-15,18,21,26H,10-11,16-17H2,1-3H3/t21-,23-/m1/s1. The van der Waals surface area contributed by atoms with Gasteiger partial charge in [-0.15, -0.1) is 0 Å². The van der Waals surface area contributed by atoms with E-state index in [1.165, 1.54) is 16.8 Å². The molecule has 0 N–H and O–H groups in total. The van der Waals surface area contributed by atoms with Gasteiger partial charge in [-0.1, -0.05) is 94.3 Å². The first-order valence-corrected chi connectivity index (χ1v) is 11.3. The second kappa shape index (κ2) is 7.89. The molecule has 2 aromatic carbocycles. The van der Waals surface area contributed by atoms with E-state index in [0.29, 0.717) is 0 Å². The van der Waals surface area contributed by atoms with Crippen molar-refractivity contribution in [3.63, 3.8) is 0 Å². The summed E-state index contributed by atoms with van der Waals surface area (Å²) in [5.41, 5.74) is -0.618. The topological polar surface area (TPSA) is 26.3 Å². The van der Waals surface area contributed by atoms with Crippen LogP contribution in [-0.4, -0.2) is 20.9 Å². The zero-order valence-corrected chi connectivity index (χ0v) is 17.3. The number of carbonyl (C=O) groups excluding carboxylic acids is 1. The van der Waals surface area contributed by atoms with Crippen molar-refractivity contribution in [2.45, 2.75) is 52.1 Å². The van der Waals surface area contributed by atoms with E-state index >= 15 is 0 Å². The van der Waals surface area contributed by atoms with Gasteiger partial charge >= 0.3 is 0 Å². The lowest BCUT2D eigenvalue weighted by Crippen LogP contribution is -2.58. The van der Waals surface area contributed by atoms with Gasteiger partial charge in [-0.05, 0) is 34.5 Å². The van der Waals surface area contributed by atoms with Crippen molar-refractivity contribution in [1.82, 2.24) is 0 Å². The zero-order chi connectivity index (χ0) is 18.6. The van der Waals surface area contributed by atoms with Gasteiger partial charge in [0.25, 0.3) is 0 Å².